The Balaban J connectivity index is 1.90. The molecule has 0 saturated carbocycles. The molecule has 28 heavy (non-hydrogen) atoms. The Morgan fingerprint density at radius 3 is 2.61 bits per heavy atom. The van der Waals surface area contributed by atoms with Gasteiger partial charge >= 0.3 is 0 Å². The van der Waals surface area contributed by atoms with Crippen LogP contribution < -0.4 is 9.47 Å². The molecule has 1 N–H and O–H groups in total. The molecule has 0 spiro atoms. The Morgan fingerprint density at radius 2 is 1.93 bits per heavy atom. The number of hydrogen-bond donors (Lipinski definition) is 1. The highest BCUT2D eigenvalue weighted by Gasteiger charge is 2.14. The summed E-state index contributed by atoms with van der Waals surface area (Å²) in [6, 6.07) is 9.52. The smallest absolute Gasteiger partial charge is 0.161 e. The Kier molecular flexibility index (Phi) is 9.85. The summed E-state index contributed by atoms with van der Waals surface area (Å²) in [4.78, 5) is 2.18. The number of hydrogen-bond acceptors (Lipinski definition) is 7. The maximum absolute atomic E-state index is 10.4. The topological polar surface area (TPSA) is 73.5 Å². The van der Waals surface area contributed by atoms with Crippen molar-refractivity contribution in [3.05, 3.63) is 47.9 Å². The van der Waals surface area contributed by atoms with Crippen LogP contribution in [0.4, 0.5) is 0 Å². The van der Waals surface area contributed by atoms with Crippen LogP contribution in [-0.2, 0) is 22.6 Å². The summed E-state index contributed by atoms with van der Waals surface area (Å²) in [6.07, 6.45) is 1.89. The number of benzene rings is 1. The van der Waals surface area contributed by atoms with Gasteiger partial charge in [-0.2, -0.15) is 0 Å². The number of methoxy groups -OCH3 is 3. The molecular weight excluding hydrogens is 362 g/mol. The van der Waals surface area contributed by atoms with E-state index in [1.54, 1.807) is 27.6 Å². The molecule has 0 aliphatic carbocycles. The molecule has 0 fully saturated rings. The quantitative estimate of drug-likeness (QED) is 0.495. The van der Waals surface area contributed by atoms with E-state index in [2.05, 4.69) is 4.90 Å². The van der Waals surface area contributed by atoms with E-state index in [1.807, 2.05) is 30.3 Å². The Morgan fingerprint density at radius 1 is 1.11 bits per heavy atom. The lowest BCUT2D eigenvalue weighted by Crippen LogP contribution is -2.35. The molecule has 0 radical (unpaired) electrons. The van der Waals surface area contributed by atoms with Crippen molar-refractivity contribution < 1.29 is 28.5 Å². The number of ether oxygens (including phenoxy) is 4. The van der Waals surface area contributed by atoms with Crippen molar-refractivity contribution >= 4 is 0 Å². The lowest BCUT2D eigenvalue weighted by Gasteiger charge is -2.25. The first-order valence-electron chi connectivity index (χ1n) is 9.36. The molecule has 0 bridgehead atoms. The zero-order valence-electron chi connectivity index (χ0n) is 16.9. The van der Waals surface area contributed by atoms with Crippen molar-refractivity contribution in [2.24, 2.45) is 0 Å². The molecule has 1 aromatic carbocycles. The summed E-state index contributed by atoms with van der Waals surface area (Å²) in [7, 11) is 4.93. The molecule has 0 aliphatic heterocycles. The third-order valence-corrected chi connectivity index (χ3v) is 4.28. The molecule has 0 aliphatic rings. The predicted octanol–water partition coefficient (Wildman–Crippen LogP) is 2.71. The molecule has 1 atom stereocenters. The van der Waals surface area contributed by atoms with Crippen molar-refractivity contribution in [3.8, 4) is 11.5 Å². The third kappa shape index (κ3) is 7.52. The van der Waals surface area contributed by atoms with E-state index < -0.39 is 6.10 Å². The number of aliphatic hydroxyl groups is 1. The van der Waals surface area contributed by atoms with E-state index in [1.165, 1.54) is 0 Å². The Labute approximate surface area is 166 Å². The van der Waals surface area contributed by atoms with E-state index >= 15 is 0 Å². The SMILES string of the molecule is COCCCN(Cc1ccc(OC)c(OC)c1)CC(O)COCc1ccco1. The van der Waals surface area contributed by atoms with Crippen molar-refractivity contribution in [2.45, 2.75) is 25.7 Å². The van der Waals surface area contributed by atoms with Gasteiger partial charge in [-0.1, -0.05) is 6.07 Å². The van der Waals surface area contributed by atoms with Gasteiger partial charge in [-0.15, -0.1) is 0 Å². The summed E-state index contributed by atoms with van der Waals surface area (Å²) >= 11 is 0. The summed E-state index contributed by atoms with van der Waals surface area (Å²) in [6.45, 7) is 3.25. The van der Waals surface area contributed by atoms with Gasteiger partial charge in [-0.05, 0) is 36.2 Å². The van der Waals surface area contributed by atoms with Gasteiger partial charge in [0.1, 0.15) is 12.4 Å². The number of aliphatic hydroxyl groups excluding tert-OH is 1. The monoisotopic (exact) mass is 393 g/mol. The highest BCUT2D eigenvalue weighted by atomic mass is 16.5. The summed E-state index contributed by atoms with van der Waals surface area (Å²) in [5.41, 5.74) is 1.08. The van der Waals surface area contributed by atoms with Crippen molar-refractivity contribution in [1.29, 1.82) is 0 Å². The molecule has 0 saturated heterocycles. The minimum atomic E-state index is -0.599. The van der Waals surface area contributed by atoms with E-state index in [0.717, 1.165) is 24.3 Å². The molecule has 7 nitrogen and oxygen atoms in total. The highest BCUT2D eigenvalue weighted by molar-refractivity contribution is 5.42. The van der Waals surface area contributed by atoms with Crippen LogP contribution in [0.3, 0.4) is 0 Å². The van der Waals surface area contributed by atoms with E-state index in [4.69, 9.17) is 23.4 Å². The third-order valence-electron chi connectivity index (χ3n) is 4.28. The van der Waals surface area contributed by atoms with Crippen molar-refractivity contribution in [1.82, 2.24) is 4.90 Å². The molecule has 7 heteroatoms. The molecule has 156 valence electrons. The first kappa shape index (κ1) is 22.2. The van der Waals surface area contributed by atoms with Gasteiger partial charge in [0.2, 0.25) is 0 Å². The second kappa shape index (κ2) is 12.4. The van der Waals surface area contributed by atoms with Gasteiger partial charge in [-0.3, -0.25) is 4.90 Å². The minimum absolute atomic E-state index is 0.243. The molecule has 1 heterocycles. The van der Waals surface area contributed by atoms with Crippen LogP contribution in [0.5, 0.6) is 11.5 Å². The average Bonchev–Trinajstić information content (AvgIpc) is 3.21. The van der Waals surface area contributed by atoms with E-state index in [9.17, 15) is 5.11 Å². The molecule has 1 unspecified atom stereocenters. The minimum Gasteiger partial charge on any atom is -0.493 e. The number of furan rings is 1. The van der Waals surface area contributed by atoms with Gasteiger partial charge in [0, 0.05) is 33.4 Å². The second-order valence-electron chi connectivity index (χ2n) is 6.52. The average molecular weight is 393 g/mol. The standard InChI is InChI=1S/C21H31NO6/c1-24-10-5-9-22(13-17-7-8-20(25-2)21(12-17)26-3)14-18(23)15-27-16-19-6-4-11-28-19/h4,6-8,11-12,18,23H,5,9-10,13-16H2,1-3H3. The molecule has 1 aromatic heterocycles. The second-order valence-corrected chi connectivity index (χ2v) is 6.52. The Bertz CT molecular complexity index is 661. The van der Waals surface area contributed by atoms with Gasteiger partial charge in [0.15, 0.2) is 11.5 Å². The molecule has 2 rings (SSSR count). The molecule has 2 aromatic rings. The lowest BCUT2D eigenvalue weighted by atomic mass is 10.1. The van der Waals surface area contributed by atoms with Crippen LogP contribution in [0.1, 0.15) is 17.7 Å². The predicted molar refractivity (Wildman–Crippen MR) is 106 cm³/mol. The van der Waals surface area contributed by atoms with E-state index in [0.29, 0.717) is 37.8 Å². The van der Waals surface area contributed by atoms with Crippen LogP contribution in [0.15, 0.2) is 41.0 Å². The summed E-state index contributed by atoms with van der Waals surface area (Å²) in [5.74, 6) is 2.14. The fourth-order valence-electron chi connectivity index (χ4n) is 2.95. The lowest BCUT2D eigenvalue weighted by molar-refractivity contribution is 0.00280. The number of rotatable bonds is 14. The van der Waals surface area contributed by atoms with Crippen LogP contribution in [-0.4, -0.2) is 63.7 Å². The van der Waals surface area contributed by atoms with Gasteiger partial charge in [0.25, 0.3) is 0 Å². The van der Waals surface area contributed by atoms with Crippen LogP contribution in [0.2, 0.25) is 0 Å². The summed E-state index contributed by atoms with van der Waals surface area (Å²) in [5, 5.41) is 10.4. The number of nitrogens with zero attached hydrogens (tertiary/aromatic N) is 1. The van der Waals surface area contributed by atoms with Crippen molar-refractivity contribution in [2.75, 3.05) is 47.6 Å². The van der Waals surface area contributed by atoms with Crippen LogP contribution in [0, 0.1) is 0 Å². The maximum Gasteiger partial charge on any atom is 0.161 e. The molecular formula is C21H31NO6. The fraction of sp³-hybridized carbons (Fsp3) is 0.524. The maximum atomic E-state index is 10.4. The molecule has 0 amide bonds. The van der Waals surface area contributed by atoms with Gasteiger partial charge in [0.05, 0.1) is 33.2 Å². The first-order valence-corrected chi connectivity index (χ1v) is 9.36. The first-order chi connectivity index (χ1) is 13.7. The van der Waals surface area contributed by atoms with Crippen LogP contribution >= 0.6 is 0 Å². The zero-order valence-corrected chi connectivity index (χ0v) is 16.9. The van der Waals surface area contributed by atoms with Crippen LogP contribution in [0.25, 0.3) is 0 Å². The van der Waals surface area contributed by atoms with Gasteiger partial charge in [-0.25, -0.2) is 0 Å². The Hall–Kier alpha value is -2.06. The van der Waals surface area contributed by atoms with E-state index in [-0.39, 0.29) is 6.61 Å². The van der Waals surface area contributed by atoms with Gasteiger partial charge < -0.3 is 28.5 Å². The largest absolute Gasteiger partial charge is 0.493 e. The zero-order chi connectivity index (χ0) is 20.2. The summed E-state index contributed by atoms with van der Waals surface area (Å²) < 4.78 is 26.6. The van der Waals surface area contributed by atoms with Crippen molar-refractivity contribution in [3.63, 3.8) is 0 Å². The fourth-order valence-corrected chi connectivity index (χ4v) is 2.95. The normalized spacial score (nSPS) is 12.3. The highest BCUT2D eigenvalue weighted by Crippen LogP contribution is 2.28.